The molecule has 0 radical (unpaired) electrons. The average Bonchev–Trinajstić information content (AvgIpc) is 2.33. The van der Waals surface area contributed by atoms with E-state index in [0.717, 1.165) is 16.2 Å². The van der Waals surface area contributed by atoms with Gasteiger partial charge in [0.2, 0.25) is 5.96 Å². The highest BCUT2D eigenvalue weighted by Gasteiger charge is 2.31. The summed E-state index contributed by atoms with van der Waals surface area (Å²) in [5.41, 5.74) is 8.26. The minimum Gasteiger partial charge on any atom is -0.366 e. The Bertz CT molecular complexity index is 533. The van der Waals surface area contributed by atoms with E-state index < -0.39 is 0 Å². The summed E-state index contributed by atoms with van der Waals surface area (Å²) in [6, 6.07) is 7.46. The summed E-state index contributed by atoms with van der Waals surface area (Å²) in [4.78, 5) is 0. The van der Waals surface area contributed by atoms with Crippen LogP contribution in [-0.4, -0.2) is 21.9 Å². The molecular weight excluding hydrogens is 204 g/mol. The monoisotopic (exact) mass is 214 g/mol. The molecule has 1 aliphatic carbocycles. The number of hydroxylamine groups is 2. The van der Waals surface area contributed by atoms with Gasteiger partial charge in [-0.25, -0.2) is 5.06 Å². The van der Waals surface area contributed by atoms with E-state index in [1.165, 1.54) is 0 Å². The first kappa shape index (κ1) is 9.11. The summed E-state index contributed by atoms with van der Waals surface area (Å²) in [5, 5.41) is 18.5. The first-order chi connectivity index (χ1) is 7.77. The third-order valence-electron chi connectivity index (χ3n) is 2.75. The molecule has 1 unspecified atom stereocenters. The van der Waals surface area contributed by atoms with Crippen molar-refractivity contribution in [3.05, 3.63) is 41.5 Å². The number of hydrogen-bond donors (Lipinski definition) is 2. The first-order valence-corrected chi connectivity index (χ1v) is 4.93. The lowest BCUT2D eigenvalue weighted by molar-refractivity contribution is -0.0370. The molecule has 0 saturated heterocycles. The van der Waals surface area contributed by atoms with Gasteiger partial charge in [-0.15, -0.1) is 10.2 Å². The Morgan fingerprint density at radius 3 is 2.88 bits per heavy atom. The zero-order valence-electron chi connectivity index (χ0n) is 8.41. The highest BCUT2D eigenvalue weighted by molar-refractivity contribution is 6.08. The molecule has 3 rings (SSSR count). The van der Waals surface area contributed by atoms with E-state index >= 15 is 0 Å². The van der Waals surface area contributed by atoms with E-state index in [-0.39, 0.29) is 12.0 Å². The third kappa shape index (κ3) is 1.15. The molecule has 1 aromatic rings. The van der Waals surface area contributed by atoms with Crippen LogP contribution in [0, 0.1) is 0 Å². The molecule has 5 heteroatoms. The predicted molar refractivity (Wildman–Crippen MR) is 60.9 cm³/mol. The molecule has 0 fully saturated rings. The normalized spacial score (nSPS) is 22.1. The van der Waals surface area contributed by atoms with E-state index in [9.17, 15) is 5.21 Å². The van der Waals surface area contributed by atoms with Gasteiger partial charge in [0.05, 0.1) is 5.71 Å². The van der Waals surface area contributed by atoms with Crippen molar-refractivity contribution in [3.63, 3.8) is 0 Å². The Labute approximate surface area is 92.2 Å². The van der Waals surface area contributed by atoms with Gasteiger partial charge in [-0.05, 0) is 17.2 Å². The molecule has 5 nitrogen and oxygen atoms in total. The van der Waals surface area contributed by atoms with Crippen LogP contribution in [-0.2, 0) is 0 Å². The van der Waals surface area contributed by atoms with Crippen LogP contribution in [0.25, 0.3) is 6.08 Å². The number of nitrogens with two attached hydrogens (primary N) is 1. The molecule has 80 valence electrons. The van der Waals surface area contributed by atoms with Gasteiger partial charge in [0.15, 0.2) is 0 Å². The maximum atomic E-state index is 9.88. The first-order valence-electron chi connectivity index (χ1n) is 4.93. The standard InChI is InChI=1S/C11H10N4O/c12-11-14-13-9-6-5-7-3-1-2-4-8(7)10(9)15(11)16/h1-6,10,16H,(H2,12,14). The van der Waals surface area contributed by atoms with Crippen molar-refractivity contribution in [1.82, 2.24) is 5.06 Å². The van der Waals surface area contributed by atoms with Crippen molar-refractivity contribution >= 4 is 17.7 Å². The lowest BCUT2D eigenvalue weighted by Crippen LogP contribution is -2.43. The molecule has 1 aromatic carbocycles. The van der Waals surface area contributed by atoms with Crippen molar-refractivity contribution in [2.75, 3.05) is 0 Å². The maximum absolute atomic E-state index is 9.88. The Balaban J connectivity index is 2.18. The Morgan fingerprint density at radius 1 is 1.19 bits per heavy atom. The van der Waals surface area contributed by atoms with E-state index in [4.69, 9.17) is 5.73 Å². The van der Waals surface area contributed by atoms with Gasteiger partial charge in [-0.3, -0.25) is 5.21 Å². The SMILES string of the molecule is NC1=NN=C2C=Cc3ccccc3C2N1O. The number of rotatable bonds is 0. The molecule has 1 aliphatic heterocycles. The van der Waals surface area contributed by atoms with E-state index in [2.05, 4.69) is 10.2 Å². The van der Waals surface area contributed by atoms with Crippen molar-refractivity contribution in [2.24, 2.45) is 15.9 Å². The number of hydrogen-bond acceptors (Lipinski definition) is 5. The van der Waals surface area contributed by atoms with Crippen molar-refractivity contribution in [1.29, 1.82) is 0 Å². The molecule has 0 spiro atoms. The van der Waals surface area contributed by atoms with Gasteiger partial charge < -0.3 is 5.73 Å². The highest BCUT2D eigenvalue weighted by atomic mass is 16.5. The quantitative estimate of drug-likeness (QED) is 0.679. The van der Waals surface area contributed by atoms with Gasteiger partial charge >= 0.3 is 0 Å². The smallest absolute Gasteiger partial charge is 0.241 e. The second-order valence-corrected chi connectivity index (χ2v) is 3.69. The van der Waals surface area contributed by atoms with Crippen LogP contribution < -0.4 is 5.73 Å². The fraction of sp³-hybridized carbons (Fsp3) is 0.0909. The van der Waals surface area contributed by atoms with Crippen LogP contribution in [0.5, 0.6) is 0 Å². The zero-order chi connectivity index (χ0) is 11.1. The minimum absolute atomic E-state index is 0.0128. The van der Waals surface area contributed by atoms with Crippen molar-refractivity contribution < 1.29 is 5.21 Å². The number of fused-ring (bicyclic) bond motifs is 3. The van der Waals surface area contributed by atoms with Crippen LogP contribution in [0.1, 0.15) is 17.2 Å². The maximum Gasteiger partial charge on any atom is 0.241 e. The zero-order valence-corrected chi connectivity index (χ0v) is 8.41. The van der Waals surface area contributed by atoms with Gasteiger partial charge in [0.25, 0.3) is 0 Å². The third-order valence-corrected chi connectivity index (χ3v) is 2.75. The molecule has 16 heavy (non-hydrogen) atoms. The van der Waals surface area contributed by atoms with Crippen LogP contribution in [0.3, 0.4) is 0 Å². The summed E-state index contributed by atoms with van der Waals surface area (Å²) in [6.07, 6.45) is 3.79. The van der Waals surface area contributed by atoms with E-state index in [0.29, 0.717) is 5.71 Å². The van der Waals surface area contributed by atoms with Gasteiger partial charge in [-0.2, -0.15) is 0 Å². The molecule has 1 heterocycles. The molecule has 0 aromatic heterocycles. The molecule has 1 atom stereocenters. The van der Waals surface area contributed by atoms with Crippen LogP contribution in [0.2, 0.25) is 0 Å². The fourth-order valence-electron chi connectivity index (χ4n) is 1.97. The Morgan fingerprint density at radius 2 is 2.00 bits per heavy atom. The molecular formula is C11H10N4O. The molecule has 2 aliphatic rings. The second-order valence-electron chi connectivity index (χ2n) is 3.69. The molecule has 0 saturated carbocycles. The summed E-state index contributed by atoms with van der Waals surface area (Å²) >= 11 is 0. The van der Waals surface area contributed by atoms with Crippen molar-refractivity contribution in [3.8, 4) is 0 Å². The number of guanidine groups is 1. The lowest BCUT2D eigenvalue weighted by atomic mass is 9.91. The van der Waals surface area contributed by atoms with Gasteiger partial charge in [-0.1, -0.05) is 30.3 Å². The van der Waals surface area contributed by atoms with Crippen LogP contribution in [0.4, 0.5) is 0 Å². The van der Waals surface area contributed by atoms with Crippen molar-refractivity contribution in [2.45, 2.75) is 6.04 Å². The largest absolute Gasteiger partial charge is 0.366 e. The van der Waals surface area contributed by atoms with Gasteiger partial charge in [0, 0.05) is 0 Å². The highest BCUT2D eigenvalue weighted by Crippen LogP contribution is 2.31. The summed E-state index contributed by atoms with van der Waals surface area (Å²) in [7, 11) is 0. The summed E-state index contributed by atoms with van der Waals surface area (Å²) < 4.78 is 0. The van der Waals surface area contributed by atoms with Crippen LogP contribution >= 0.6 is 0 Å². The summed E-state index contributed by atoms with van der Waals surface area (Å²) in [5.74, 6) is 0.0128. The molecule has 0 bridgehead atoms. The average molecular weight is 214 g/mol. The molecule has 3 N–H and O–H groups in total. The minimum atomic E-state index is -0.348. The second kappa shape index (κ2) is 3.18. The van der Waals surface area contributed by atoms with E-state index in [1.807, 2.05) is 36.4 Å². The molecule has 0 amide bonds. The summed E-state index contributed by atoms with van der Waals surface area (Å²) in [6.45, 7) is 0. The predicted octanol–water partition coefficient (Wildman–Crippen LogP) is 1.13. The van der Waals surface area contributed by atoms with Gasteiger partial charge in [0.1, 0.15) is 6.04 Å². The topological polar surface area (TPSA) is 74.2 Å². The fourth-order valence-corrected chi connectivity index (χ4v) is 1.97. The van der Waals surface area contributed by atoms with E-state index in [1.54, 1.807) is 0 Å². The lowest BCUT2D eigenvalue weighted by Gasteiger charge is -2.31. The number of benzene rings is 1. The van der Waals surface area contributed by atoms with Crippen LogP contribution in [0.15, 0.2) is 40.5 Å². The number of nitrogens with zero attached hydrogens (tertiary/aromatic N) is 3. The Kier molecular flexibility index (Phi) is 1.81. The Hall–Kier alpha value is -2.14.